The van der Waals surface area contributed by atoms with Crippen molar-refractivity contribution in [2.45, 2.75) is 0 Å². The van der Waals surface area contributed by atoms with Gasteiger partial charge in [-0.1, -0.05) is 6.58 Å². The summed E-state index contributed by atoms with van der Waals surface area (Å²) in [5, 5.41) is 9.75. The summed E-state index contributed by atoms with van der Waals surface area (Å²) < 4.78 is 4.41. The molecule has 4 heteroatoms. The van der Waals surface area contributed by atoms with Crippen LogP contribution >= 0.6 is 0 Å². The van der Waals surface area contributed by atoms with E-state index in [1.807, 2.05) is 0 Å². The second-order valence-corrected chi connectivity index (χ2v) is 1.56. The smallest absolute Gasteiger partial charge is 0.379 e. The Kier molecular flexibility index (Phi) is 4.47. The van der Waals surface area contributed by atoms with E-state index in [0.29, 0.717) is 0 Å². The molecule has 11 heavy (non-hydrogen) atoms. The van der Waals surface area contributed by atoms with Gasteiger partial charge in [-0.2, -0.15) is 0 Å². The van der Waals surface area contributed by atoms with Gasteiger partial charge in [0.25, 0.3) is 0 Å². The molecule has 0 aliphatic carbocycles. The Morgan fingerprint density at radius 3 is 2.55 bits per heavy atom. The fraction of sp³-hybridized carbons (Fsp3) is 0.143. The van der Waals surface area contributed by atoms with Gasteiger partial charge in [-0.3, -0.25) is 0 Å². The molecule has 0 unspecified atom stereocenters. The molecule has 0 saturated carbocycles. The van der Waals surface area contributed by atoms with Crippen LogP contribution in [0.2, 0.25) is 0 Å². The molecule has 0 spiro atoms. The minimum Gasteiger partial charge on any atom is -0.458 e. The second kappa shape index (κ2) is 5.22. The highest BCUT2D eigenvalue weighted by atomic mass is 16.5. The first kappa shape index (κ1) is 9.42. The average molecular weight is 155 g/mol. The van der Waals surface area contributed by atoms with Crippen LogP contribution in [-0.2, 0) is 19.4 Å². The fourth-order valence-corrected chi connectivity index (χ4v) is 0.334. The van der Waals surface area contributed by atoms with E-state index in [4.69, 9.17) is 0 Å². The molecule has 0 aliphatic rings. The highest BCUT2D eigenvalue weighted by Gasteiger charge is 1.92. The van der Waals surface area contributed by atoms with E-state index in [1.165, 1.54) is 0 Å². The van der Waals surface area contributed by atoms with Crippen molar-refractivity contribution in [2.75, 3.05) is 6.61 Å². The summed E-state index contributed by atoms with van der Waals surface area (Å²) in [4.78, 5) is 20.1. The molecule has 0 bridgehead atoms. The van der Waals surface area contributed by atoms with Crippen molar-refractivity contribution in [3.05, 3.63) is 24.8 Å². The van der Waals surface area contributed by atoms with E-state index in [0.717, 1.165) is 18.2 Å². The lowest BCUT2D eigenvalue weighted by molar-refractivity contribution is -0.138. The lowest BCUT2D eigenvalue weighted by Crippen LogP contribution is -1.99. The standard InChI is InChI=1S/C7H7O4/c1-2-7(10)11-5-3-4-6(8)9/h2-4H,1,5H2. The first-order valence-corrected chi connectivity index (χ1v) is 2.83. The lowest BCUT2D eigenvalue weighted by atomic mass is 10.5. The molecule has 0 amide bonds. The maximum absolute atomic E-state index is 10.3. The highest BCUT2D eigenvalue weighted by Crippen LogP contribution is 1.80. The Bertz CT molecular complexity index is 193. The molecular formula is C7H7O4. The van der Waals surface area contributed by atoms with Crippen molar-refractivity contribution >= 4 is 11.9 Å². The highest BCUT2D eigenvalue weighted by molar-refractivity contribution is 5.81. The van der Waals surface area contributed by atoms with Gasteiger partial charge in [0.15, 0.2) is 0 Å². The number of carbonyl (C=O) groups is 2. The van der Waals surface area contributed by atoms with Gasteiger partial charge in [-0.25, -0.2) is 14.7 Å². The van der Waals surface area contributed by atoms with E-state index < -0.39 is 11.9 Å². The predicted molar refractivity (Wildman–Crippen MR) is 36.0 cm³/mol. The monoisotopic (exact) mass is 155 g/mol. The van der Waals surface area contributed by atoms with Crippen LogP contribution in [0.25, 0.3) is 0 Å². The summed E-state index contributed by atoms with van der Waals surface area (Å²) in [6, 6.07) is 0. The van der Waals surface area contributed by atoms with E-state index in [9.17, 15) is 14.7 Å². The third-order valence-corrected chi connectivity index (χ3v) is 0.742. The number of hydrogen-bond donors (Lipinski definition) is 0. The number of carbonyl (C=O) groups excluding carboxylic acids is 2. The molecule has 0 N–H and O–H groups in total. The molecule has 0 rings (SSSR count). The molecule has 4 nitrogen and oxygen atoms in total. The molecule has 0 aromatic heterocycles. The maximum atomic E-state index is 10.3. The van der Waals surface area contributed by atoms with Gasteiger partial charge >= 0.3 is 11.9 Å². The number of rotatable bonds is 4. The zero-order valence-electron chi connectivity index (χ0n) is 5.78. The van der Waals surface area contributed by atoms with Crippen LogP contribution in [0.15, 0.2) is 24.8 Å². The van der Waals surface area contributed by atoms with E-state index in [1.54, 1.807) is 0 Å². The zero-order chi connectivity index (χ0) is 8.69. The Labute approximate surface area is 63.8 Å². The van der Waals surface area contributed by atoms with Gasteiger partial charge < -0.3 is 4.74 Å². The number of ether oxygens (including phenoxy) is 1. The van der Waals surface area contributed by atoms with Gasteiger partial charge in [0.1, 0.15) is 6.61 Å². The van der Waals surface area contributed by atoms with Crippen molar-refractivity contribution in [1.82, 2.24) is 0 Å². The molecule has 59 valence electrons. The van der Waals surface area contributed by atoms with Crippen molar-refractivity contribution < 1.29 is 19.4 Å². The van der Waals surface area contributed by atoms with E-state index in [2.05, 4.69) is 11.3 Å². The number of esters is 1. The van der Waals surface area contributed by atoms with Gasteiger partial charge in [0, 0.05) is 12.2 Å². The maximum Gasteiger partial charge on any atom is 0.379 e. The van der Waals surface area contributed by atoms with Crippen molar-refractivity contribution in [2.24, 2.45) is 0 Å². The molecule has 0 heterocycles. The van der Waals surface area contributed by atoms with Crippen molar-refractivity contribution in [1.29, 1.82) is 0 Å². The topological polar surface area (TPSA) is 63.3 Å². The molecule has 0 aliphatic heterocycles. The first-order chi connectivity index (χ1) is 5.16. The van der Waals surface area contributed by atoms with Crippen LogP contribution in [0.1, 0.15) is 0 Å². The molecule has 0 aromatic carbocycles. The average Bonchev–Trinajstić information content (AvgIpc) is 1.97. The predicted octanol–water partition coefficient (Wildman–Crippen LogP) is 0.229. The summed E-state index contributed by atoms with van der Waals surface area (Å²) in [6.07, 6.45) is 2.94. The summed E-state index contributed by atoms with van der Waals surface area (Å²) in [5.74, 6) is -1.91. The molecule has 0 saturated heterocycles. The zero-order valence-corrected chi connectivity index (χ0v) is 5.78. The lowest BCUT2D eigenvalue weighted by Gasteiger charge is -1.93. The van der Waals surface area contributed by atoms with Crippen LogP contribution in [0.4, 0.5) is 0 Å². The van der Waals surface area contributed by atoms with Gasteiger partial charge in [-0.05, 0) is 6.08 Å². The summed E-state index contributed by atoms with van der Waals surface area (Å²) in [7, 11) is 0. The van der Waals surface area contributed by atoms with Crippen LogP contribution < -0.4 is 0 Å². The summed E-state index contributed by atoms with van der Waals surface area (Å²) in [5.41, 5.74) is 0. The Balaban J connectivity index is 3.49. The Hall–Kier alpha value is -1.58. The Morgan fingerprint density at radius 1 is 1.45 bits per heavy atom. The minimum absolute atomic E-state index is 0.0845. The van der Waals surface area contributed by atoms with Crippen LogP contribution in [0, 0.1) is 0 Å². The quantitative estimate of drug-likeness (QED) is 0.431. The number of hydrogen-bond acceptors (Lipinski definition) is 3. The molecule has 0 fully saturated rings. The van der Waals surface area contributed by atoms with E-state index in [-0.39, 0.29) is 6.61 Å². The van der Waals surface area contributed by atoms with Crippen LogP contribution in [0.5, 0.6) is 0 Å². The minimum atomic E-state index is -1.32. The van der Waals surface area contributed by atoms with Crippen molar-refractivity contribution in [3.8, 4) is 0 Å². The van der Waals surface area contributed by atoms with Crippen LogP contribution in [0.3, 0.4) is 0 Å². The molecule has 1 radical (unpaired) electrons. The van der Waals surface area contributed by atoms with E-state index >= 15 is 0 Å². The van der Waals surface area contributed by atoms with Gasteiger partial charge in [0.2, 0.25) is 0 Å². The largest absolute Gasteiger partial charge is 0.458 e. The second-order valence-electron chi connectivity index (χ2n) is 1.56. The third-order valence-electron chi connectivity index (χ3n) is 0.742. The first-order valence-electron chi connectivity index (χ1n) is 2.83. The molecule has 0 atom stereocenters. The third kappa shape index (κ3) is 6.30. The summed E-state index contributed by atoms with van der Waals surface area (Å²) in [6.45, 7) is 3.06. The Morgan fingerprint density at radius 2 is 2.09 bits per heavy atom. The van der Waals surface area contributed by atoms with Gasteiger partial charge in [-0.15, -0.1) is 0 Å². The van der Waals surface area contributed by atoms with Crippen molar-refractivity contribution in [3.63, 3.8) is 0 Å². The molecular weight excluding hydrogens is 148 g/mol. The SMILES string of the molecule is C=CC(=O)OCC=CC([O])=O. The summed E-state index contributed by atoms with van der Waals surface area (Å²) >= 11 is 0. The van der Waals surface area contributed by atoms with Crippen LogP contribution in [-0.4, -0.2) is 18.5 Å². The molecule has 0 aromatic rings. The fourth-order valence-electron chi connectivity index (χ4n) is 0.334. The normalized spacial score (nSPS) is 9.45. The van der Waals surface area contributed by atoms with Gasteiger partial charge in [0.05, 0.1) is 0 Å².